The molecule has 2 rings (SSSR count). The molecule has 1 unspecified atom stereocenters. The van der Waals surface area contributed by atoms with Crippen molar-refractivity contribution in [3.8, 4) is 5.75 Å². The highest BCUT2D eigenvalue weighted by Gasteiger charge is 2.40. The van der Waals surface area contributed by atoms with Gasteiger partial charge in [-0.3, -0.25) is 9.59 Å². The maximum absolute atomic E-state index is 12.8. The van der Waals surface area contributed by atoms with E-state index in [0.29, 0.717) is 23.9 Å². The molecule has 1 aliphatic rings. The van der Waals surface area contributed by atoms with E-state index in [1.54, 1.807) is 6.07 Å². The zero-order valence-corrected chi connectivity index (χ0v) is 17.3. The highest BCUT2D eigenvalue weighted by Crippen LogP contribution is 2.35. The lowest BCUT2D eigenvalue weighted by Gasteiger charge is -2.43. The van der Waals surface area contributed by atoms with E-state index in [9.17, 15) is 9.59 Å². The van der Waals surface area contributed by atoms with E-state index in [1.165, 1.54) is 0 Å². The SMILES string of the molecule is CCC(CC)C(=O)N1CCCC(COc2ccc(Cl)c(C)c2)(CC(N)=O)C1. The van der Waals surface area contributed by atoms with Gasteiger partial charge in [-0.2, -0.15) is 0 Å². The molecular formula is C21H31ClN2O3. The average molecular weight is 395 g/mol. The lowest BCUT2D eigenvalue weighted by atomic mass is 9.77. The number of aryl methyl sites for hydroxylation is 1. The van der Waals surface area contributed by atoms with Gasteiger partial charge in [0, 0.05) is 35.9 Å². The Kier molecular flexibility index (Phi) is 7.54. The molecule has 0 aromatic heterocycles. The molecule has 27 heavy (non-hydrogen) atoms. The van der Waals surface area contributed by atoms with E-state index in [0.717, 1.165) is 37.8 Å². The van der Waals surface area contributed by atoms with Crippen LogP contribution in [0.5, 0.6) is 5.75 Å². The summed E-state index contributed by atoms with van der Waals surface area (Å²) >= 11 is 6.08. The zero-order chi connectivity index (χ0) is 20.0. The Labute approximate surface area is 167 Å². The molecule has 0 radical (unpaired) electrons. The van der Waals surface area contributed by atoms with Crippen molar-refractivity contribution in [2.24, 2.45) is 17.1 Å². The molecular weight excluding hydrogens is 364 g/mol. The minimum atomic E-state index is -0.445. The van der Waals surface area contributed by atoms with Crippen LogP contribution >= 0.6 is 11.6 Å². The molecule has 2 N–H and O–H groups in total. The number of rotatable bonds is 8. The highest BCUT2D eigenvalue weighted by atomic mass is 35.5. The van der Waals surface area contributed by atoms with E-state index >= 15 is 0 Å². The summed E-state index contributed by atoms with van der Waals surface area (Å²) in [7, 11) is 0. The van der Waals surface area contributed by atoms with E-state index < -0.39 is 5.41 Å². The second kappa shape index (κ2) is 9.45. The van der Waals surface area contributed by atoms with Gasteiger partial charge in [0.15, 0.2) is 0 Å². The second-order valence-corrected chi connectivity index (χ2v) is 8.13. The molecule has 1 aromatic rings. The van der Waals surface area contributed by atoms with Gasteiger partial charge >= 0.3 is 0 Å². The fourth-order valence-corrected chi connectivity index (χ4v) is 4.04. The van der Waals surface area contributed by atoms with Gasteiger partial charge in [0.25, 0.3) is 0 Å². The Morgan fingerprint density at radius 2 is 2.04 bits per heavy atom. The molecule has 0 aliphatic carbocycles. The Morgan fingerprint density at radius 1 is 1.33 bits per heavy atom. The fourth-order valence-electron chi connectivity index (χ4n) is 3.92. The second-order valence-electron chi connectivity index (χ2n) is 7.72. The number of hydrogen-bond acceptors (Lipinski definition) is 3. The highest BCUT2D eigenvalue weighted by molar-refractivity contribution is 6.31. The summed E-state index contributed by atoms with van der Waals surface area (Å²) in [5.41, 5.74) is 6.03. The van der Waals surface area contributed by atoms with E-state index in [2.05, 4.69) is 0 Å². The third-order valence-electron chi connectivity index (χ3n) is 5.53. The summed E-state index contributed by atoms with van der Waals surface area (Å²) in [6.45, 7) is 7.60. The predicted molar refractivity (Wildman–Crippen MR) is 108 cm³/mol. The van der Waals surface area contributed by atoms with Gasteiger partial charge in [-0.15, -0.1) is 0 Å². The fraction of sp³-hybridized carbons (Fsp3) is 0.619. The number of ether oxygens (including phenoxy) is 1. The van der Waals surface area contributed by atoms with Gasteiger partial charge < -0.3 is 15.4 Å². The number of benzene rings is 1. The molecule has 6 heteroatoms. The van der Waals surface area contributed by atoms with Crippen LogP contribution in [0, 0.1) is 18.3 Å². The molecule has 1 heterocycles. The van der Waals surface area contributed by atoms with Gasteiger partial charge in [0.05, 0.1) is 6.61 Å². The summed E-state index contributed by atoms with van der Waals surface area (Å²) < 4.78 is 6.02. The van der Waals surface area contributed by atoms with Crippen LogP contribution in [0.25, 0.3) is 0 Å². The summed E-state index contributed by atoms with van der Waals surface area (Å²) in [6, 6.07) is 5.51. The van der Waals surface area contributed by atoms with Crippen LogP contribution in [-0.2, 0) is 9.59 Å². The molecule has 150 valence electrons. The van der Waals surface area contributed by atoms with E-state index in [-0.39, 0.29) is 24.2 Å². The van der Waals surface area contributed by atoms with E-state index in [1.807, 2.05) is 37.8 Å². The van der Waals surface area contributed by atoms with Crippen molar-refractivity contribution in [2.45, 2.75) is 52.9 Å². The lowest BCUT2D eigenvalue weighted by Crippen LogP contribution is -2.51. The van der Waals surface area contributed by atoms with Crippen molar-refractivity contribution in [1.29, 1.82) is 0 Å². The average Bonchev–Trinajstić information content (AvgIpc) is 2.63. The van der Waals surface area contributed by atoms with Crippen molar-refractivity contribution in [2.75, 3.05) is 19.7 Å². The minimum Gasteiger partial charge on any atom is -0.493 e. The molecule has 1 saturated heterocycles. The van der Waals surface area contributed by atoms with E-state index in [4.69, 9.17) is 22.1 Å². The predicted octanol–water partition coefficient (Wildman–Crippen LogP) is 3.95. The summed E-state index contributed by atoms with van der Waals surface area (Å²) in [4.78, 5) is 26.5. The van der Waals surface area contributed by atoms with Gasteiger partial charge in [-0.05, 0) is 56.4 Å². The number of piperidine rings is 1. The number of likely N-dealkylation sites (tertiary alicyclic amines) is 1. The van der Waals surface area contributed by atoms with Gasteiger partial charge in [-0.25, -0.2) is 0 Å². The first-order valence-electron chi connectivity index (χ1n) is 9.76. The quantitative estimate of drug-likeness (QED) is 0.725. The Bertz CT molecular complexity index is 675. The number of primary amides is 1. The molecule has 1 atom stereocenters. The number of nitrogens with zero attached hydrogens (tertiary/aromatic N) is 1. The molecule has 1 aromatic carbocycles. The number of halogens is 1. The lowest BCUT2D eigenvalue weighted by molar-refractivity contribution is -0.141. The minimum absolute atomic E-state index is 0.0363. The van der Waals surface area contributed by atoms with Crippen molar-refractivity contribution >= 4 is 23.4 Å². The molecule has 0 saturated carbocycles. The molecule has 0 bridgehead atoms. The van der Waals surface area contributed by atoms with Crippen LogP contribution in [0.3, 0.4) is 0 Å². The van der Waals surface area contributed by atoms with Crippen molar-refractivity contribution < 1.29 is 14.3 Å². The van der Waals surface area contributed by atoms with Crippen molar-refractivity contribution in [1.82, 2.24) is 4.90 Å². The monoisotopic (exact) mass is 394 g/mol. The number of carbonyl (C=O) groups is 2. The molecule has 5 nitrogen and oxygen atoms in total. The Hall–Kier alpha value is -1.75. The van der Waals surface area contributed by atoms with Crippen LogP contribution in [0.15, 0.2) is 18.2 Å². The normalized spacial score (nSPS) is 20.0. The van der Waals surface area contributed by atoms with Gasteiger partial charge in [0.1, 0.15) is 5.75 Å². The van der Waals surface area contributed by atoms with Gasteiger partial charge in [-0.1, -0.05) is 25.4 Å². The Balaban J connectivity index is 2.15. The number of amides is 2. The van der Waals surface area contributed by atoms with Crippen LogP contribution in [0.1, 0.15) is 51.5 Å². The molecule has 2 amide bonds. The summed E-state index contributed by atoms with van der Waals surface area (Å²) in [5.74, 6) is 0.567. The first kappa shape index (κ1) is 21.5. The van der Waals surface area contributed by atoms with Gasteiger partial charge in [0.2, 0.25) is 11.8 Å². The standard InChI is InChI=1S/C21H31ClN2O3/c1-4-16(5-2)20(26)24-10-6-9-21(13-24,12-19(23)25)14-27-17-7-8-18(22)15(3)11-17/h7-8,11,16H,4-6,9-10,12-14H2,1-3H3,(H2,23,25). The number of hydrogen-bond donors (Lipinski definition) is 1. The zero-order valence-electron chi connectivity index (χ0n) is 16.6. The van der Waals surface area contributed by atoms with Crippen LogP contribution in [0.2, 0.25) is 5.02 Å². The third-order valence-corrected chi connectivity index (χ3v) is 5.96. The maximum Gasteiger partial charge on any atom is 0.225 e. The third kappa shape index (κ3) is 5.61. The van der Waals surface area contributed by atoms with Crippen molar-refractivity contribution in [3.05, 3.63) is 28.8 Å². The topological polar surface area (TPSA) is 72.6 Å². The summed E-state index contributed by atoms with van der Waals surface area (Å²) in [5, 5.41) is 0.689. The molecule has 1 aliphatic heterocycles. The van der Waals surface area contributed by atoms with Crippen LogP contribution in [0.4, 0.5) is 0 Å². The first-order chi connectivity index (χ1) is 12.8. The largest absolute Gasteiger partial charge is 0.493 e. The first-order valence-corrected chi connectivity index (χ1v) is 10.1. The van der Waals surface area contributed by atoms with Crippen LogP contribution < -0.4 is 10.5 Å². The molecule has 0 spiro atoms. The maximum atomic E-state index is 12.8. The number of carbonyl (C=O) groups excluding carboxylic acids is 2. The molecule has 1 fully saturated rings. The van der Waals surface area contributed by atoms with Crippen molar-refractivity contribution in [3.63, 3.8) is 0 Å². The Morgan fingerprint density at radius 3 is 2.63 bits per heavy atom. The summed E-state index contributed by atoms with van der Waals surface area (Å²) in [6.07, 6.45) is 3.54. The van der Waals surface area contributed by atoms with Crippen LogP contribution in [-0.4, -0.2) is 36.4 Å². The number of nitrogens with two attached hydrogens (primary N) is 1. The smallest absolute Gasteiger partial charge is 0.225 e.